The predicted molar refractivity (Wildman–Crippen MR) is 81.7 cm³/mol. The van der Waals surface area contributed by atoms with E-state index in [1.165, 1.54) is 0 Å². The molecular formula is C13H12Br2N2O. The van der Waals surface area contributed by atoms with Crippen molar-refractivity contribution in [2.24, 2.45) is 0 Å². The van der Waals surface area contributed by atoms with Crippen molar-refractivity contribution < 1.29 is 5.11 Å². The number of aromatic hydroxyl groups is 1. The molecule has 0 bridgehead atoms. The number of nitrogen functional groups attached to an aromatic ring is 1. The molecule has 0 spiro atoms. The number of phenols is 1. The molecule has 0 aromatic heterocycles. The molecular weight excluding hydrogens is 360 g/mol. The second-order valence-corrected chi connectivity index (χ2v) is 5.63. The third kappa shape index (κ3) is 3.17. The van der Waals surface area contributed by atoms with Gasteiger partial charge in [0.25, 0.3) is 0 Å². The van der Waals surface area contributed by atoms with E-state index in [0.717, 1.165) is 25.9 Å². The van der Waals surface area contributed by atoms with Crippen LogP contribution in [0.4, 0.5) is 11.4 Å². The van der Waals surface area contributed by atoms with Gasteiger partial charge >= 0.3 is 0 Å². The van der Waals surface area contributed by atoms with Crippen molar-refractivity contribution in [3.8, 4) is 5.75 Å². The fourth-order valence-electron chi connectivity index (χ4n) is 1.56. The van der Waals surface area contributed by atoms with Gasteiger partial charge in [-0.1, -0.05) is 15.9 Å². The molecule has 0 radical (unpaired) electrons. The Morgan fingerprint density at radius 3 is 2.44 bits per heavy atom. The first-order chi connectivity index (χ1) is 8.56. The molecule has 4 N–H and O–H groups in total. The Labute approximate surface area is 122 Å². The van der Waals surface area contributed by atoms with Gasteiger partial charge in [0.15, 0.2) is 0 Å². The number of anilines is 2. The molecule has 0 aliphatic carbocycles. The van der Waals surface area contributed by atoms with Gasteiger partial charge in [0.05, 0.1) is 5.69 Å². The minimum atomic E-state index is 0.255. The van der Waals surface area contributed by atoms with Crippen molar-refractivity contribution in [2.45, 2.75) is 6.54 Å². The first kappa shape index (κ1) is 13.2. The van der Waals surface area contributed by atoms with Crippen LogP contribution in [-0.4, -0.2) is 5.11 Å². The third-order valence-electron chi connectivity index (χ3n) is 2.53. The van der Waals surface area contributed by atoms with Gasteiger partial charge in [0.2, 0.25) is 0 Å². The van der Waals surface area contributed by atoms with Gasteiger partial charge in [0, 0.05) is 21.2 Å². The lowest BCUT2D eigenvalue weighted by Crippen LogP contribution is -2.03. The summed E-state index contributed by atoms with van der Waals surface area (Å²) in [6.07, 6.45) is 0. The zero-order chi connectivity index (χ0) is 13.1. The van der Waals surface area contributed by atoms with E-state index < -0.39 is 0 Å². The third-order valence-corrected chi connectivity index (χ3v) is 3.64. The number of hydrogen-bond acceptors (Lipinski definition) is 3. The highest BCUT2D eigenvalue weighted by molar-refractivity contribution is 9.11. The lowest BCUT2D eigenvalue weighted by Gasteiger charge is -2.11. The fourth-order valence-corrected chi connectivity index (χ4v) is 2.87. The van der Waals surface area contributed by atoms with Crippen LogP contribution in [0.2, 0.25) is 0 Å². The average molecular weight is 372 g/mol. The Kier molecular flexibility index (Phi) is 4.14. The van der Waals surface area contributed by atoms with Crippen LogP contribution in [0.25, 0.3) is 0 Å². The van der Waals surface area contributed by atoms with Crippen LogP contribution in [0.1, 0.15) is 5.56 Å². The molecule has 94 valence electrons. The van der Waals surface area contributed by atoms with Crippen LogP contribution < -0.4 is 11.1 Å². The van der Waals surface area contributed by atoms with Crippen molar-refractivity contribution in [2.75, 3.05) is 11.1 Å². The van der Waals surface area contributed by atoms with E-state index in [4.69, 9.17) is 5.73 Å². The largest absolute Gasteiger partial charge is 0.508 e. The standard InChI is InChI=1S/C13H12Br2N2O/c14-9-5-8(13(16)12(15)6-9)7-17-10-1-3-11(18)4-2-10/h1-6,17-18H,7,16H2. The highest BCUT2D eigenvalue weighted by atomic mass is 79.9. The Morgan fingerprint density at radius 1 is 1.11 bits per heavy atom. The second-order valence-electron chi connectivity index (χ2n) is 3.86. The Hall–Kier alpha value is -1.20. The highest BCUT2D eigenvalue weighted by Gasteiger charge is 2.05. The lowest BCUT2D eigenvalue weighted by molar-refractivity contribution is 0.475. The van der Waals surface area contributed by atoms with Crippen molar-refractivity contribution in [3.63, 3.8) is 0 Å². The minimum Gasteiger partial charge on any atom is -0.508 e. The molecule has 2 aromatic rings. The maximum Gasteiger partial charge on any atom is 0.115 e. The molecule has 0 amide bonds. The summed E-state index contributed by atoms with van der Waals surface area (Å²) in [5.41, 5.74) is 8.66. The summed E-state index contributed by atoms with van der Waals surface area (Å²) in [5, 5.41) is 12.4. The van der Waals surface area contributed by atoms with E-state index >= 15 is 0 Å². The van der Waals surface area contributed by atoms with Crippen molar-refractivity contribution in [1.82, 2.24) is 0 Å². The molecule has 3 nitrogen and oxygen atoms in total. The molecule has 0 fully saturated rings. The van der Waals surface area contributed by atoms with Gasteiger partial charge in [-0.2, -0.15) is 0 Å². The maximum absolute atomic E-state index is 9.20. The molecule has 5 heteroatoms. The minimum absolute atomic E-state index is 0.255. The summed E-state index contributed by atoms with van der Waals surface area (Å²) >= 11 is 6.85. The molecule has 18 heavy (non-hydrogen) atoms. The average Bonchev–Trinajstić information content (AvgIpc) is 2.34. The van der Waals surface area contributed by atoms with Gasteiger partial charge < -0.3 is 16.2 Å². The summed E-state index contributed by atoms with van der Waals surface area (Å²) in [6, 6.07) is 10.8. The van der Waals surface area contributed by atoms with E-state index in [1.54, 1.807) is 12.1 Å². The second kappa shape index (κ2) is 5.63. The zero-order valence-electron chi connectivity index (χ0n) is 9.45. The molecule has 2 rings (SSSR count). The summed E-state index contributed by atoms with van der Waals surface area (Å²) in [5.74, 6) is 0.255. The SMILES string of the molecule is Nc1c(Br)cc(Br)cc1CNc1ccc(O)cc1. The number of rotatable bonds is 3. The maximum atomic E-state index is 9.20. The normalized spacial score (nSPS) is 10.3. The number of hydrogen-bond donors (Lipinski definition) is 3. The van der Waals surface area contributed by atoms with Crippen LogP contribution in [0.5, 0.6) is 5.75 Å². The number of nitrogens with two attached hydrogens (primary N) is 1. The van der Waals surface area contributed by atoms with Gasteiger partial charge in [-0.25, -0.2) is 0 Å². The van der Waals surface area contributed by atoms with Gasteiger partial charge in [-0.15, -0.1) is 0 Å². The Balaban J connectivity index is 2.13. The first-order valence-corrected chi connectivity index (χ1v) is 6.91. The quantitative estimate of drug-likeness (QED) is 0.562. The van der Waals surface area contributed by atoms with Gasteiger partial charge in [-0.3, -0.25) is 0 Å². The number of benzene rings is 2. The summed E-state index contributed by atoms with van der Waals surface area (Å²) in [6.45, 7) is 0.620. The van der Waals surface area contributed by atoms with E-state index in [-0.39, 0.29) is 5.75 Å². The summed E-state index contributed by atoms with van der Waals surface area (Å²) in [7, 11) is 0. The van der Waals surface area contributed by atoms with Crippen LogP contribution in [0.3, 0.4) is 0 Å². The summed E-state index contributed by atoms with van der Waals surface area (Å²) < 4.78 is 1.85. The highest BCUT2D eigenvalue weighted by Crippen LogP contribution is 2.28. The Bertz CT molecular complexity index is 556. The molecule has 0 atom stereocenters. The van der Waals surface area contributed by atoms with Crippen molar-refractivity contribution >= 4 is 43.2 Å². The van der Waals surface area contributed by atoms with Gasteiger partial charge in [0.1, 0.15) is 5.75 Å². The monoisotopic (exact) mass is 370 g/mol. The van der Waals surface area contributed by atoms with Crippen molar-refractivity contribution in [1.29, 1.82) is 0 Å². The predicted octanol–water partition coefficient (Wildman–Crippen LogP) is 4.11. The van der Waals surface area contributed by atoms with Crippen molar-refractivity contribution in [3.05, 3.63) is 50.9 Å². The van der Waals surface area contributed by atoms with Crippen LogP contribution in [-0.2, 0) is 6.54 Å². The zero-order valence-corrected chi connectivity index (χ0v) is 12.6. The van der Waals surface area contributed by atoms with Gasteiger partial charge in [-0.05, 0) is 57.9 Å². The van der Waals surface area contributed by atoms with E-state index in [1.807, 2.05) is 24.3 Å². The molecule has 0 heterocycles. The molecule has 2 aromatic carbocycles. The van der Waals surface area contributed by atoms with Crippen LogP contribution in [0.15, 0.2) is 45.3 Å². The fraction of sp³-hybridized carbons (Fsp3) is 0.0769. The molecule has 0 aliphatic heterocycles. The number of nitrogens with one attached hydrogen (secondary N) is 1. The first-order valence-electron chi connectivity index (χ1n) is 5.32. The summed E-state index contributed by atoms with van der Waals surface area (Å²) in [4.78, 5) is 0. The molecule has 0 saturated heterocycles. The number of phenolic OH excluding ortho intramolecular Hbond substituents is 1. The van der Waals surface area contributed by atoms with E-state index in [9.17, 15) is 5.11 Å². The molecule has 0 saturated carbocycles. The topological polar surface area (TPSA) is 58.3 Å². The van der Waals surface area contributed by atoms with E-state index in [2.05, 4.69) is 37.2 Å². The molecule has 0 aliphatic rings. The number of halogens is 2. The molecule has 0 unspecified atom stereocenters. The Morgan fingerprint density at radius 2 is 1.78 bits per heavy atom. The van der Waals surface area contributed by atoms with Crippen LogP contribution >= 0.6 is 31.9 Å². The lowest BCUT2D eigenvalue weighted by atomic mass is 10.2. The van der Waals surface area contributed by atoms with E-state index in [0.29, 0.717) is 6.54 Å². The van der Waals surface area contributed by atoms with Crippen LogP contribution in [0, 0.1) is 0 Å². The smallest absolute Gasteiger partial charge is 0.115 e.